The summed E-state index contributed by atoms with van der Waals surface area (Å²) < 4.78 is 38.0. The maximum atomic E-state index is 15.5. The second-order valence-corrected chi connectivity index (χ2v) is 9.89. The average Bonchev–Trinajstić information content (AvgIpc) is 3.30. The van der Waals surface area contributed by atoms with Crippen molar-refractivity contribution in [2.24, 2.45) is 0 Å². The van der Waals surface area contributed by atoms with Gasteiger partial charge in [-0.3, -0.25) is 0 Å². The van der Waals surface area contributed by atoms with Gasteiger partial charge in [0.05, 0.1) is 5.52 Å². The van der Waals surface area contributed by atoms with Crippen LogP contribution in [0.15, 0.2) is 42.7 Å². The van der Waals surface area contributed by atoms with Gasteiger partial charge in [-0.1, -0.05) is 6.92 Å². The van der Waals surface area contributed by atoms with Crippen LogP contribution in [0.5, 0.6) is 11.6 Å². The topological polar surface area (TPSA) is 82.2 Å². The molecule has 2 aromatic heterocycles. The number of rotatable bonds is 7. The molecule has 0 spiro atoms. The third-order valence-electron chi connectivity index (χ3n) is 7.13. The number of aryl methyl sites for hydroxylation is 1. The molecule has 8 nitrogen and oxygen atoms in total. The van der Waals surface area contributed by atoms with E-state index >= 15 is 8.78 Å². The highest BCUT2D eigenvalue weighted by atomic mass is 19.1. The molecule has 0 saturated carbocycles. The number of hydrogen-bond acceptors (Lipinski definition) is 7. The van der Waals surface area contributed by atoms with Gasteiger partial charge in [-0.05, 0) is 57.6 Å². The standard InChI is InChI=1S/C29H31F2N7O/c1-5-36-10-12-37(13-11-36)21-8-6-20(7-9-21)35-28-23(16-32)29(34-17-33-28)39-25-15-24(30)27-22(26(25)31)14-19(4)38(27)18(2)3/h6-9,14-15,17-18H,5,10-13H2,1-4H3,(H,33,34,35). The molecule has 0 bridgehead atoms. The van der Waals surface area contributed by atoms with Crippen molar-refractivity contribution >= 4 is 28.1 Å². The Kier molecular flexibility index (Phi) is 7.35. The Balaban J connectivity index is 1.39. The molecule has 4 aromatic rings. The van der Waals surface area contributed by atoms with E-state index in [0.29, 0.717) is 0 Å². The zero-order chi connectivity index (χ0) is 27.7. The molecule has 3 heterocycles. The Labute approximate surface area is 226 Å². The molecule has 0 unspecified atom stereocenters. The number of halogens is 2. The van der Waals surface area contributed by atoms with E-state index in [4.69, 9.17) is 4.74 Å². The van der Waals surface area contributed by atoms with Gasteiger partial charge in [0.2, 0.25) is 5.88 Å². The Bertz CT molecular complexity index is 1530. The number of anilines is 3. The molecule has 1 aliphatic heterocycles. The number of hydrogen-bond donors (Lipinski definition) is 1. The van der Waals surface area contributed by atoms with E-state index in [2.05, 4.69) is 32.0 Å². The number of nitriles is 1. The molecule has 202 valence electrons. The van der Waals surface area contributed by atoms with Crippen LogP contribution < -0.4 is 15.0 Å². The predicted octanol–water partition coefficient (Wildman–Crippen LogP) is 6.15. The van der Waals surface area contributed by atoms with Gasteiger partial charge in [0.1, 0.15) is 12.4 Å². The summed E-state index contributed by atoms with van der Waals surface area (Å²) in [5.74, 6) is -1.66. The first-order chi connectivity index (χ1) is 18.8. The Hall–Kier alpha value is -4.23. The molecule has 0 radical (unpaired) electrons. The van der Waals surface area contributed by atoms with Gasteiger partial charge in [0, 0.05) is 60.7 Å². The molecular weight excluding hydrogens is 500 g/mol. The van der Waals surface area contributed by atoms with Crippen molar-refractivity contribution < 1.29 is 13.5 Å². The second kappa shape index (κ2) is 10.9. The van der Waals surface area contributed by atoms with Crippen LogP contribution in [0.1, 0.15) is 38.1 Å². The summed E-state index contributed by atoms with van der Waals surface area (Å²) in [6.45, 7) is 12.9. The highest BCUT2D eigenvalue weighted by molar-refractivity contribution is 5.84. The first-order valence-corrected chi connectivity index (χ1v) is 13.1. The van der Waals surface area contributed by atoms with Crippen LogP contribution >= 0.6 is 0 Å². The Morgan fingerprint density at radius 2 is 1.79 bits per heavy atom. The first-order valence-electron chi connectivity index (χ1n) is 13.1. The molecule has 1 fully saturated rings. The lowest BCUT2D eigenvalue weighted by Crippen LogP contribution is -2.46. The van der Waals surface area contributed by atoms with Gasteiger partial charge in [0.25, 0.3) is 0 Å². The number of ether oxygens (including phenoxy) is 1. The largest absolute Gasteiger partial charge is 0.434 e. The van der Waals surface area contributed by atoms with E-state index < -0.39 is 11.6 Å². The van der Waals surface area contributed by atoms with Crippen molar-refractivity contribution in [3.8, 4) is 17.7 Å². The monoisotopic (exact) mass is 531 g/mol. The van der Waals surface area contributed by atoms with Gasteiger partial charge >= 0.3 is 0 Å². The highest BCUT2D eigenvalue weighted by Gasteiger charge is 2.23. The lowest BCUT2D eigenvalue weighted by molar-refractivity contribution is 0.271. The molecule has 1 saturated heterocycles. The van der Waals surface area contributed by atoms with Crippen LogP contribution in [-0.2, 0) is 0 Å². The van der Waals surface area contributed by atoms with E-state index in [-0.39, 0.29) is 40.0 Å². The van der Waals surface area contributed by atoms with Crippen LogP contribution in [0.25, 0.3) is 10.9 Å². The van der Waals surface area contributed by atoms with Crippen molar-refractivity contribution in [2.75, 3.05) is 42.9 Å². The molecule has 0 atom stereocenters. The van der Waals surface area contributed by atoms with E-state index in [0.717, 1.165) is 55.9 Å². The number of nitrogens with one attached hydrogen (secondary N) is 1. The molecule has 1 N–H and O–H groups in total. The number of likely N-dealkylation sites (N-methyl/N-ethyl adjacent to an activating group) is 1. The van der Waals surface area contributed by atoms with Crippen molar-refractivity contribution in [1.82, 2.24) is 19.4 Å². The minimum atomic E-state index is -0.721. The number of nitrogens with zero attached hydrogens (tertiary/aromatic N) is 6. The molecular formula is C29H31F2N7O. The summed E-state index contributed by atoms with van der Waals surface area (Å²) in [6.07, 6.45) is 1.21. The third-order valence-corrected chi connectivity index (χ3v) is 7.13. The number of fused-ring (bicyclic) bond motifs is 1. The molecule has 0 amide bonds. The molecule has 2 aromatic carbocycles. The first kappa shape index (κ1) is 26.4. The summed E-state index contributed by atoms with van der Waals surface area (Å²) in [5, 5.41) is 13.1. The Morgan fingerprint density at radius 1 is 1.08 bits per heavy atom. The summed E-state index contributed by atoms with van der Waals surface area (Å²) in [4.78, 5) is 13.0. The number of piperazine rings is 1. The molecule has 10 heteroatoms. The van der Waals surface area contributed by atoms with Gasteiger partial charge in [-0.2, -0.15) is 5.26 Å². The second-order valence-electron chi connectivity index (χ2n) is 9.89. The van der Waals surface area contributed by atoms with Crippen molar-refractivity contribution in [3.63, 3.8) is 0 Å². The minimum Gasteiger partial charge on any atom is -0.434 e. The Morgan fingerprint density at radius 3 is 2.44 bits per heavy atom. The maximum Gasteiger partial charge on any atom is 0.242 e. The average molecular weight is 532 g/mol. The van der Waals surface area contributed by atoms with Crippen LogP contribution in [0.2, 0.25) is 0 Å². The SMILES string of the molecule is CCN1CCN(c2ccc(Nc3ncnc(Oc4cc(F)c5c(cc(C)n5C(C)C)c4F)c3C#N)cc2)CC1. The minimum absolute atomic E-state index is 0.0203. The fraction of sp³-hybridized carbons (Fsp3) is 0.345. The van der Waals surface area contributed by atoms with Gasteiger partial charge in [-0.15, -0.1) is 0 Å². The third kappa shape index (κ3) is 5.10. The fourth-order valence-electron chi connectivity index (χ4n) is 5.14. The lowest BCUT2D eigenvalue weighted by atomic mass is 10.2. The quantitative estimate of drug-likeness (QED) is 0.306. The number of benzene rings is 2. The normalized spacial score (nSPS) is 14.2. The zero-order valence-electron chi connectivity index (χ0n) is 22.5. The van der Waals surface area contributed by atoms with Crippen LogP contribution in [0.3, 0.4) is 0 Å². The highest BCUT2D eigenvalue weighted by Crippen LogP contribution is 2.36. The molecule has 1 aliphatic rings. The maximum absolute atomic E-state index is 15.5. The summed E-state index contributed by atoms with van der Waals surface area (Å²) in [6, 6.07) is 12.4. The van der Waals surface area contributed by atoms with Crippen molar-refractivity contribution in [2.45, 2.75) is 33.7 Å². The van der Waals surface area contributed by atoms with E-state index in [1.54, 1.807) is 17.6 Å². The van der Waals surface area contributed by atoms with Crippen molar-refractivity contribution in [1.29, 1.82) is 5.26 Å². The van der Waals surface area contributed by atoms with E-state index in [1.807, 2.05) is 44.2 Å². The summed E-state index contributed by atoms with van der Waals surface area (Å²) in [5.41, 5.74) is 2.73. The van der Waals surface area contributed by atoms with E-state index in [9.17, 15) is 5.26 Å². The van der Waals surface area contributed by atoms with Gasteiger partial charge < -0.3 is 24.4 Å². The zero-order valence-corrected chi connectivity index (χ0v) is 22.5. The van der Waals surface area contributed by atoms with E-state index in [1.165, 1.54) is 6.33 Å². The summed E-state index contributed by atoms with van der Waals surface area (Å²) >= 11 is 0. The number of aromatic nitrogens is 3. The molecule has 0 aliphatic carbocycles. The predicted molar refractivity (Wildman–Crippen MR) is 148 cm³/mol. The van der Waals surface area contributed by atoms with Crippen LogP contribution in [-0.4, -0.2) is 52.2 Å². The van der Waals surface area contributed by atoms with Gasteiger partial charge in [0.15, 0.2) is 28.8 Å². The smallest absolute Gasteiger partial charge is 0.242 e. The molecule has 5 rings (SSSR count). The van der Waals surface area contributed by atoms with Crippen molar-refractivity contribution in [3.05, 3.63) is 65.6 Å². The molecule has 39 heavy (non-hydrogen) atoms. The lowest BCUT2D eigenvalue weighted by Gasteiger charge is -2.35. The summed E-state index contributed by atoms with van der Waals surface area (Å²) in [7, 11) is 0. The van der Waals surface area contributed by atoms with Crippen LogP contribution in [0, 0.1) is 29.9 Å². The van der Waals surface area contributed by atoms with Crippen LogP contribution in [0.4, 0.5) is 26.0 Å². The fourth-order valence-corrected chi connectivity index (χ4v) is 5.14. The van der Waals surface area contributed by atoms with Gasteiger partial charge in [-0.25, -0.2) is 18.7 Å².